The minimum Gasteiger partial charge on any atom is -0.491 e. The monoisotopic (exact) mass is 369 g/mol. The molecule has 0 saturated heterocycles. The van der Waals surface area contributed by atoms with Crippen molar-refractivity contribution in [2.45, 2.75) is 53.1 Å². The summed E-state index contributed by atoms with van der Waals surface area (Å²) in [7, 11) is 0. The van der Waals surface area contributed by atoms with E-state index in [9.17, 15) is 4.79 Å². The topological polar surface area (TPSA) is 47.6 Å². The summed E-state index contributed by atoms with van der Waals surface area (Å²) in [6, 6.07) is 13.9. The Morgan fingerprint density at radius 3 is 2.48 bits per heavy atom. The maximum absolute atomic E-state index is 12.4. The van der Waals surface area contributed by atoms with Crippen molar-refractivity contribution in [2.24, 2.45) is 0 Å². The fraction of sp³-hybridized carbons (Fsp3) is 0.435. The van der Waals surface area contributed by atoms with E-state index in [1.54, 1.807) is 0 Å². The van der Waals surface area contributed by atoms with Gasteiger partial charge in [0.05, 0.1) is 6.54 Å². The summed E-state index contributed by atoms with van der Waals surface area (Å²) in [5.74, 6) is 1.88. The zero-order valence-electron chi connectivity index (χ0n) is 17.0. The largest absolute Gasteiger partial charge is 0.491 e. The van der Waals surface area contributed by atoms with Gasteiger partial charge in [-0.2, -0.15) is 0 Å². The standard InChI is InChI=1S/C23H31NO3/c1-6-21(27-19-12-11-17(4)18(5)15-19)23(25)24-13-14-26-22-10-8-7-9-20(22)16(2)3/h7-12,15-16,21H,6,13-14H2,1-5H3,(H,24,25)/t21-/m1/s1. The first-order valence-electron chi connectivity index (χ1n) is 9.65. The molecule has 1 amide bonds. The molecule has 1 atom stereocenters. The van der Waals surface area contributed by atoms with Crippen molar-refractivity contribution in [3.05, 3.63) is 59.2 Å². The smallest absolute Gasteiger partial charge is 0.261 e. The Balaban J connectivity index is 1.84. The number of aryl methyl sites for hydroxylation is 2. The molecule has 0 aliphatic rings. The van der Waals surface area contributed by atoms with E-state index < -0.39 is 6.10 Å². The molecule has 2 rings (SSSR count). The second-order valence-electron chi connectivity index (χ2n) is 7.09. The van der Waals surface area contributed by atoms with Crippen LogP contribution in [-0.2, 0) is 4.79 Å². The summed E-state index contributed by atoms with van der Waals surface area (Å²) in [5, 5.41) is 2.91. The highest BCUT2D eigenvalue weighted by Gasteiger charge is 2.18. The zero-order chi connectivity index (χ0) is 19.8. The van der Waals surface area contributed by atoms with Crippen LogP contribution < -0.4 is 14.8 Å². The number of hydrogen-bond donors (Lipinski definition) is 1. The molecule has 1 N–H and O–H groups in total. The number of benzene rings is 2. The van der Waals surface area contributed by atoms with Crippen molar-refractivity contribution >= 4 is 5.91 Å². The van der Waals surface area contributed by atoms with Gasteiger partial charge >= 0.3 is 0 Å². The Bertz CT molecular complexity index is 755. The van der Waals surface area contributed by atoms with Crippen LogP contribution in [0.5, 0.6) is 11.5 Å². The normalized spacial score (nSPS) is 11.9. The van der Waals surface area contributed by atoms with Gasteiger partial charge in [0.1, 0.15) is 18.1 Å². The van der Waals surface area contributed by atoms with E-state index in [0.29, 0.717) is 25.5 Å². The molecule has 27 heavy (non-hydrogen) atoms. The molecule has 2 aromatic rings. The summed E-state index contributed by atoms with van der Waals surface area (Å²) in [5.41, 5.74) is 3.53. The molecule has 0 spiro atoms. The van der Waals surface area contributed by atoms with Crippen LogP contribution in [0.3, 0.4) is 0 Å². The molecule has 0 aliphatic heterocycles. The first kappa shape index (κ1) is 20.8. The molecule has 146 valence electrons. The molecule has 0 radical (unpaired) electrons. The maximum Gasteiger partial charge on any atom is 0.261 e. The summed E-state index contributed by atoms with van der Waals surface area (Å²) in [6.45, 7) is 11.2. The van der Waals surface area contributed by atoms with E-state index in [4.69, 9.17) is 9.47 Å². The molecule has 0 heterocycles. The summed E-state index contributed by atoms with van der Waals surface area (Å²) in [6.07, 6.45) is 0.102. The van der Waals surface area contributed by atoms with Gasteiger partial charge in [0, 0.05) is 0 Å². The number of nitrogens with one attached hydrogen (secondary N) is 1. The minimum atomic E-state index is -0.505. The maximum atomic E-state index is 12.4. The first-order chi connectivity index (χ1) is 12.9. The Morgan fingerprint density at radius 1 is 1.07 bits per heavy atom. The third kappa shape index (κ3) is 6.02. The number of carbonyl (C=O) groups excluding carboxylic acids is 1. The molecular weight excluding hydrogens is 338 g/mol. The van der Waals surface area contributed by atoms with Gasteiger partial charge in [0.15, 0.2) is 6.10 Å². The van der Waals surface area contributed by atoms with Crippen molar-refractivity contribution < 1.29 is 14.3 Å². The molecular formula is C23H31NO3. The van der Waals surface area contributed by atoms with Gasteiger partial charge in [-0.25, -0.2) is 0 Å². The third-order valence-electron chi connectivity index (χ3n) is 4.62. The highest BCUT2D eigenvalue weighted by Crippen LogP contribution is 2.25. The quantitative estimate of drug-likeness (QED) is 0.647. The lowest BCUT2D eigenvalue weighted by Crippen LogP contribution is -2.39. The highest BCUT2D eigenvalue weighted by molar-refractivity contribution is 5.81. The average molecular weight is 370 g/mol. The molecule has 2 aromatic carbocycles. The van der Waals surface area contributed by atoms with Crippen molar-refractivity contribution in [3.63, 3.8) is 0 Å². The van der Waals surface area contributed by atoms with Crippen LogP contribution in [0, 0.1) is 13.8 Å². The van der Waals surface area contributed by atoms with Crippen LogP contribution in [0.1, 0.15) is 49.8 Å². The van der Waals surface area contributed by atoms with Crippen molar-refractivity contribution in [2.75, 3.05) is 13.2 Å². The second-order valence-corrected chi connectivity index (χ2v) is 7.09. The van der Waals surface area contributed by atoms with E-state index in [1.807, 2.05) is 50.2 Å². The van der Waals surface area contributed by atoms with Crippen LogP contribution in [0.15, 0.2) is 42.5 Å². The summed E-state index contributed by atoms with van der Waals surface area (Å²) >= 11 is 0. The van der Waals surface area contributed by atoms with Gasteiger partial charge in [0.25, 0.3) is 5.91 Å². The van der Waals surface area contributed by atoms with E-state index >= 15 is 0 Å². The van der Waals surface area contributed by atoms with E-state index in [0.717, 1.165) is 17.1 Å². The molecule has 0 unspecified atom stereocenters. The fourth-order valence-corrected chi connectivity index (χ4v) is 2.81. The highest BCUT2D eigenvalue weighted by atomic mass is 16.5. The number of rotatable bonds is 9. The van der Waals surface area contributed by atoms with Crippen molar-refractivity contribution in [1.82, 2.24) is 5.32 Å². The molecule has 4 heteroatoms. The van der Waals surface area contributed by atoms with Gasteiger partial charge in [0.2, 0.25) is 0 Å². The van der Waals surface area contributed by atoms with Gasteiger partial charge in [-0.05, 0) is 61.1 Å². The van der Waals surface area contributed by atoms with Crippen LogP contribution >= 0.6 is 0 Å². The van der Waals surface area contributed by atoms with E-state index in [2.05, 4.69) is 32.2 Å². The molecule has 0 aromatic heterocycles. The van der Waals surface area contributed by atoms with Gasteiger partial charge in [-0.1, -0.05) is 45.0 Å². The van der Waals surface area contributed by atoms with Gasteiger partial charge < -0.3 is 14.8 Å². The Morgan fingerprint density at radius 2 is 1.81 bits per heavy atom. The lowest BCUT2D eigenvalue weighted by molar-refractivity contribution is -0.128. The number of carbonyl (C=O) groups is 1. The average Bonchev–Trinajstić information content (AvgIpc) is 2.66. The first-order valence-corrected chi connectivity index (χ1v) is 9.65. The molecule has 0 aliphatic carbocycles. The number of para-hydroxylation sites is 1. The molecule has 0 saturated carbocycles. The van der Waals surface area contributed by atoms with Crippen molar-refractivity contribution in [3.8, 4) is 11.5 Å². The van der Waals surface area contributed by atoms with Crippen molar-refractivity contribution in [1.29, 1.82) is 0 Å². The zero-order valence-corrected chi connectivity index (χ0v) is 17.0. The second kappa shape index (κ2) is 10.0. The number of hydrogen-bond acceptors (Lipinski definition) is 3. The van der Waals surface area contributed by atoms with Gasteiger partial charge in [-0.15, -0.1) is 0 Å². The third-order valence-corrected chi connectivity index (χ3v) is 4.62. The van der Waals surface area contributed by atoms with E-state index in [-0.39, 0.29) is 5.91 Å². The Kier molecular flexibility index (Phi) is 7.71. The van der Waals surface area contributed by atoms with Crippen LogP contribution in [0.2, 0.25) is 0 Å². The van der Waals surface area contributed by atoms with E-state index in [1.165, 1.54) is 11.1 Å². The summed E-state index contributed by atoms with van der Waals surface area (Å²) in [4.78, 5) is 12.4. The predicted molar refractivity (Wildman–Crippen MR) is 110 cm³/mol. The summed E-state index contributed by atoms with van der Waals surface area (Å²) < 4.78 is 11.7. The molecule has 0 bridgehead atoms. The number of ether oxygens (including phenoxy) is 2. The minimum absolute atomic E-state index is 0.114. The van der Waals surface area contributed by atoms with Gasteiger partial charge in [-0.3, -0.25) is 4.79 Å². The lowest BCUT2D eigenvalue weighted by atomic mass is 10.0. The predicted octanol–water partition coefficient (Wildman–Crippen LogP) is 4.78. The Labute approximate surface area is 162 Å². The lowest BCUT2D eigenvalue weighted by Gasteiger charge is -2.18. The SMILES string of the molecule is CC[C@@H](Oc1ccc(C)c(C)c1)C(=O)NCCOc1ccccc1C(C)C. The van der Waals surface area contributed by atoms with Crippen LogP contribution in [0.4, 0.5) is 0 Å². The van der Waals surface area contributed by atoms with Crippen LogP contribution in [0.25, 0.3) is 0 Å². The van der Waals surface area contributed by atoms with Crippen LogP contribution in [-0.4, -0.2) is 25.2 Å². The molecule has 4 nitrogen and oxygen atoms in total. The fourth-order valence-electron chi connectivity index (χ4n) is 2.81. The Hall–Kier alpha value is -2.49. The molecule has 0 fully saturated rings. The number of amides is 1.